The van der Waals surface area contributed by atoms with Crippen LogP contribution in [0.1, 0.15) is 25.0 Å². The van der Waals surface area contributed by atoms with Crippen molar-refractivity contribution in [2.24, 2.45) is 5.92 Å². The number of halogens is 3. The van der Waals surface area contributed by atoms with E-state index in [1.54, 1.807) is 13.2 Å². The molecule has 0 aliphatic carbocycles. The lowest BCUT2D eigenvalue weighted by molar-refractivity contribution is -0.137. The number of alkyl halides is 3. The van der Waals surface area contributed by atoms with Crippen molar-refractivity contribution in [3.8, 4) is 5.75 Å². The molecule has 32 heavy (non-hydrogen) atoms. The van der Waals surface area contributed by atoms with Gasteiger partial charge in [0.25, 0.3) is 0 Å². The van der Waals surface area contributed by atoms with Crippen molar-refractivity contribution in [3.05, 3.63) is 53.6 Å². The summed E-state index contributed by atoms with van der Waals surface area (Å²) in [4.78, 5) is 17.4. The average molecular weight is 448 g/mol. The van der Waals surface area contributed by atoms with E-state index in [0.717, 1.165) is 23.2 Å². The molecule has 1 saturated heterocycles. The monoisotopic (exact) mass is 447 g/mol. The quantitative estimate of drug-likeness (QED) is 0.767. The fourth-order valence-electron chi connectivity index (χ4n) is 4.80. The standard InChI is InChI=1S/C24H28F3N3O2/c1-15(2)28-23(31)18-13-16-12-17(24(25,26)27)8-9-19(16)30-11-10-29(14-21(18)30)20-6-4-5-7-22(20)32-3/h4-9,12,15,18,21H,10-11,13-14H2,1-3H3,(H,28,31)/t18-,21+/m1/s1. The predicted octanol–water partition coefficient (Wildman–Crippen LogP) is 4.11. The van der Waals surface area contributed by atoms with Gasteiger partial charge < -0.3 is 19.9 Å². The Hall–Kier alpha value is -2.90. The van der Waals surface area contributed by atoms with E-state index in [1.165, 1.54) is 6.07 Å². The summed E-state index contributed by atoms with van der Waals surface area (Å²) in [6.07, 6.45) is -4.14. The number of piperazine rings is 1. The summed E-state index contributed by atoms with van der Waals surface area (Å²) in [5.41, 5.74) is 1.64. The molecule has 2 atom stereocenters. The van der Waals surface area contributed by atoms with Gasteiger partial charge >= 0.3 is 6.18 Å². The molecule has 2 aliphatic heterocycles. The number of hydrogen-bond acceptors (Lipinski definition) is 4. The number of rotatable bonds is 4. The smallest absolute Gasteiger partial charge is 0.416 e. The first kappa shape index (κ1) is 22.3. The number of nitrogens with one attached hydrogen (secondary N) is 1. The summed E-state index contributed by atoms with van der Waals surface area (Å²) in [7, 11) is 1.63. The van der Waals surface area contributed by atoms with Gasteiger partial charge in [-0.1, -0.05) is 12.1 Å². The molecule has 0 radical (unpaired) electrons. The molecule has 0 aromatic heterocycles. The highest BCUT2D eigenvalue weighted by atomic mass is 19.4. The zero-order chi connectivity index (χ0) is 23.0. The Morgan fingerprint density at radius 2 is 1.88 bits per heavy atom. The maximum atomic E-state index is 13.3. The van der Waals surface area contributed by atoms with E-state index in [1.807, 2.05) is 38.1 Å². The lowest BCUT2D eigenvalue weighted by Gasteiger charge is -2.50. The number of hydrogen-bond donors (Lipinski definition) is 1. The molecule has 5 nitrogen and oxygen atoms in total. The van der Waals surface area contributed by atoms with Crippen LogP contribution in [0.3, 0.4) is 0 Å². The summed E-state index contributed by atoms with van der Waals surface area (Å²) in [6.45, 7) is 5.63. The Kier molecular flexibility index (Phi) is 5.97. The molecule has 2 aromatic rings. The van der Waals surface area contributed by atoms with Gasteiger partial charge in [0.15, 0.2) is 0 Å². The van der Waals surface area contributed by atoms with Crippen LogP contribution in [0.2, 0.25) is 0 Å². The SMILES string of the molecule is COc1ccccc1N1CCN2c3ccc(C(F)(F)F)cc3C[C@@H](C(=O)NC(C)C)[C@@H]2C1. The number of benzene rings is 2. The van der Waals surface area contributed by atoms with Gasteiger partial charge in [-0.15, -0.1) is 0 Å². The fraction of sp³-hybridized carbons (Fsp3) is 0.458. The second-order valence-corrected chi connectivity index (χ2v) is 8.69. The van der Waals surface area contributed by atoms with Crippen molar-refractivity contribution in [2.75, 3.05) is 36.5 Å². The van der Waals surface area contributed by atoms with E-state index in [4.69, 9.17) is 4.74 Å². The average Bonchev–Trinajstić information content (AvgIpc) is 2.76. The van der Waals surface area contributed by atoms with Gasteiger partial charge in [-0.2, -0.15) is 13.2 Å². The topological polar surface area (TPSA) is 44.8 Å². The van der Waals surface area contributed by atoms with Crippen LogP contribution in [0.25, 0.3) is 0 Å². The Morgan fingerprint density at radius 1 is 1.12 bits per heavy atom. The number of anilines is 2. The molecule has 1 amide bonds. The second kappa shape index (κ2) is 8.56. The number of nitrogens with zero attached hydrogens (tertiary/aromatic N) is 2. The zero-order valence-electron chi connectivity index (χ0n) is 18.4. The molecular formula is C24H28F3N3O2. The fourth-order valence-corrected chi connectivity index (χ4v) is 4.80. The van der Waals surface area contributed by atoms with E-state index < -0.39 is 17.7 Å². The minimum Gasteiger partial charge on any atom is -0.495 e. The Balaban J connectivity index is 1.70. The van der Waals surface area contributed by atoms with E-state index in [0.29, 0.717) is 25.2 Å². The van der Waals surface area contributed by atoms with Crippen LogP contribution < -0.4 is 19.9 Å². The summed E-state index contributed by atoms with van der Waals surface area (Å²) >= 11 is 0. The summed E-state index contributed by atoms with van der Waals surface area (Å²) in [5, 5.41) is 2.97. The van der Waals surface area contributed by atoms with Crippen molar-refractivity contribution in [1.82, 2.24) is 5.32 Å². The molecule has 0 saturated carbocycles. The highest BCUT2D eigenvalue weighted by Crippen LogP contribution is 2.41. The number of carbonyl (C=O) groups is 1. The van der Waals surface area contributed by atoms with Gasteiger partial charge in [0.05, 0.1) is 30.3 Å². The van der Waals surface area contributed by atoms with E-state index >= 15 is 0 Å². The van der Waals surface area contributed by atoms with Crippen molar-refractivity contribution in [2.45, 2.75) is 38.5 Å². The van der Waals surface area contributed by atoms with Crippen molar-refractivity contribution in [3.63, 3.8) is 0 Å². The number of fused-ring (bicyclic) bond motifs is 3. The third-order valence-corrected chi connectivity index (χ3v) is 6.23. The lowest BCUT2D eigenvalue weighted by Crippen LogP contribution is -2.61. The molecule has 2 heterocycles. The van der Waals surface area contributed by atoms with Crippen LogP contribution in [0.5, 0.6) is 5.75 Å². The summed E-state index contributed by atoms with van der Waals surface area (Å²) < 4.78 is 45.5. The normalized spacial score (nSPS) is 20.6. The van der Waals surface area contributed by atoms with Gasteiger partial charge in [-0.05, 0) is 56.2 Å². The minimum absolute atomic E-state index is 0.0484. The van der Waals surface area contributed by atoms with Crippen molar-refractivity contribution < 1.29 is 22.7 Å². The highest BCUT2D eigenvalue weighted by Gasteiger charge is 2.43. The molecule has 2 aromatic carbocycles. The van der Waals surface area contributed by atoms with Gasteiger partial charge in [-0.25, -0.2) is 0 Å². The number of para-hydroxylation sites is 2. The first-order chi connectivity index (χ1) is 15.2. The first-order valence-corrected chi connectivity index (χ1v) is 10.8. The van der Waals surface area contributed by atoms with Gasteiger partial charge in [0.1, 0.15) is 5.75 Å². The molecule has 8 heteroatoms. The molecule has 172 valence electrons. The van der Waals surface area contributed by atoms with Crippen LogP contribution in [0, 0.1) is 5.92 Å². The van der Waals surface area contributed by atoms with Gasteiger partial charge in [0.2, 0.25) is 5.91 Å². The molecule has 1 N–H and O–H groups in total. The molecule has 0 unspecified atom stereocenters. The molecule has 0 spiro atoms. The third kappa shape index (κ3) is 4.23. The third-order valence-electron chi connectivity index (χ3n) is 6.23. The number of carbonyl (C=O) groups excluding carboxylic acids is 1. The second-order valence-electron chi connectivity index (χ2n) is 8.69. The van der Waals surface area contributed by atoms with E-state index in [9.17, 15) is 18.0 Å². The van der Waals surface area contributed by atoms with Crippen molar-refractivity contribution in [1.29, 1.82) is 0 Å². The largest absolute Gasteiger partial charge is 0.495 e. The number of ether oxygens (including phenoxy) is 1. The number of methoxy groups -OCH3 is 1. The van der Waals surface area contributed by atoms with Crippen LogP contribution in [-0.4, -0.2) is 44.7 Å². The van der Waals surface area contributed by atoms with Crippen LogP contribution >= 0.6 is 0 Å². The maximum absolute atomic E-state index is 13.3. The van der Waals surface area contributed by atoms with Gasteiger partial charge in [0, 0.05) is 31.4 Å². The Labute approximate surface area is 186 Å². The first-order valence-electron chi connectivity index (χ1n) is 10.8. The maximum Gasteiger partial charge on any atom is 0.416 e. The lowest BCUT2D eigenvalue weighted by atomic mass is 9.82. The Bertz CT molecular complexity index is 993. The van der Waals surface area contributed by atoms with Crippen molar-refractivity contribution >= 4 is 17.3 Å². The van der Waals surface area contributed by atoms with E-state index in [2.05, 4.69) is 15.1 Å². The van der Waals surface area contributed by atoms with Crippen LogP contribution in [0.15, 0.2) is 42.5 Å². The molecule has 4 rings (SSSR count). The molecular weight excluding hydrogens is 419 g/mol. The van der Waals surface area contributed by atoms with Crippen LogP contribution in [-0.2, 0) is 17.4 Å². The van der Waals surface area contributed by atoms with E-state index in [-0.39, 0.29) is 24.4 Å². The minimum atomic E-state index is -4.41. The molecule has 1 fully saturated rings. The summed E-state index contributed by atoms with van der Waals surface area (Å²) in [5.74, 6) is 0.181. The summed E-state index contributed by atoms with van der Waals surface area (Å²) in [6, 6.07) is 11.4. The number of amides is 1. The Morgan fingerprint density at radius 3 is 2.56 bits per heavy atom. The highest BCUT2D eigenvalue weighted by molar-refractivity contribution is 5.82. The zero-order valence-corrected chi connectivity index (χ0v) is 18.4. The molecule has 0 bridgehead atoms. The van der Waals surface area contributed by atoms with Crippen LogP contribution in [0.4, 0.5) is 24.5 Å². The molecule has 2 aliphatic rings. The predicted molar refractivity (Wildman–Crippen MR) is 118 cm³/mol. The van der Waals surface area contributed by atoms with Gasteiger partial charge in [-0.3, -0.25) is 4.79 Å².